The Balaban J connectivity index is 3.46. The fourth-order valence-electron chi connectivity index (χ4n) is 11.4. The van der Waals surface area contributed by atoms with Crippen LogP contribution in [0.15, 0.2) is 122 Å². The van der Waals surface area contributed by atoms with Crippen LogP contribution in [-0.2, 0) is 19.1 Å². The first kappa shape index (κ1) is 86.3. The summed E-state index contributed by atoms with van der Waals surface area (Å²) in [5, 5.41) is 9.73. The second kappa shape index (κ2) is 79.5. The molecule has 0 aliphatic carbocycles. The average Bonchev–Trinajstić information content (AvgIpc) is 3.59. The summed E-state index contributed by atoms with van der Waals surface area (Å²) in [6.07, 6.45) is 117. The molecule has 5 heteroatoms. The molecule has 0 aromatic carbocycles. The van der Waals surface area contributed by atoms with Gasteiger partial charge in [0.2, 0.25) is 0 Å². The summed E-state index contributed by atoms with van der Waals surface area (Å²) in [7, 11) is 0. The fraction of sp³-hybridized carbons (Fsp3) is 0.741. The molecule has 0 amide bonds. The molecule has 0 rings (SSSR count). The van der Waals surface area contributed by atoms with Gasteiger partial charge in [-0.2, -0.15) is 0 Å². The van der Waals surface area contributed by atoms with E-state index in [0.29, 0.717) is 12.8 Å². The van der Waals surface area contributed by atoms with Crippen molar-refractivity contribution in [3.05, 3.63) is 122 Å². The van der Waals surface area contributed by atoms with Crippen LogP contribution < -0.4 is 0 Å². The summed E-state index contributed by atoms with van der Waals surface area (Å²) in [5.41, 5.74) is 0. The molecule has 0 saturated carbocycles. The van der Waals surface area contributed by atoms with Gasteiger partial charge in [-0.3, -0.25) is 9.59 Å². The second-order valence-electron chi connectivity index (χ2n) is 26.1. The molecule has 0 aromatic rings. The lowest BCUT2D eigenvalue weighted by atomic mass is 10.0. The predicted molar refractivity (Wildman–Crippen MR) is 398 cm³/mol. The van der Waals surface area contributed by atoms with Gasteiger partial charge in [0.15, 0.2) is 6.10 Å². The molecule has 0 fully saturated rings. The van der Waals surface area contributed by atoms with Crippen molar-refractivity contribution >= 4 is 11.9 Å². The molecule has 0 aliphatic heterocycles. The molecular weight excluding hydrogens is 1100 g/mol. The van der Waals surface area contributed by atoms with Crippen molar-refractivity contribution in [2.24, 2.45) is 0 Å². The van der Waals surface area contributed by atoms with Crippen molar-refractivity contribution in [1.29, 1.82) is 0 Å². The van der Waals surface area contributed by atoms with Crippen LogP contribution in [0, 0.1) is 0 Å². The van der Waals surface area contributed by atoms with E-state index in [1.54, 1.807) is 0 Å². The van der Waals surface area contributed by atoms with Crippen LogP contribution in [0.5, 0.6) is 0 Å². The minimum Gasteiger partial charge on any atom is -0.462 e. The summed E-state index contributed by atoms with van der Waals surface area (Å²) >= 11 is 0. The molecule has 0 aliphatic rings. The number of aliphatic hydroxyl groups excluding tert-OH is 1. The molecule has 5 nitrogen and oxygen atoms in total. The molecule has 0 bridgehead atoms. The van der Waals surface area contributed by atoms with Crippen molar-refractivity contribution in [2.75, 3.05) is 13.2 Å². The third-order valence-electron chi connectivity index (χ3n) is 17.2. The highest BCUT2D eigenvalue weighted by atomic mass is 16.6. The Morgan fingerprint density at radius 3 is 0.733 bits per heavy atom. The highest BCUT2D eigenvalue weighted by molar-refractivity contribution is 5.70. The Morgan fingerprint density at radius 2 is 0.478 bits per heavy atom. The van der Waals surface area contributed by atoms with Crippen LogP contribution >= 0.6 is 0 Å². The lowest BCUT2D eigenvalue weighted by Gasteiger charge is -2.15. The predicted octanol–water partition coefficient (Wildman–Crippen LogP) is 27.7. The third kappa shape index (κ3) is 76.8. The molecule has 0 saturated heterocycles. The molecule has 518 valence electrons. The highest BCUT2D eigenvalue weighted by Crippen LogP contribution is 2.19. The maximum Gasteiger partial charge on any atom is 0.306 e. The van der Waals surface area contributed by atoms with Crippen LogP contribution in [-0.4, -0.2) is 36.4 Å². The fourth-order valence-corrected chi connectivity index (χ4v) is 11.4. The Labute approximate surface area is 560 Å². The van der Waals surface area contributed by atoms with E-state index in [2.05, 4.69) is 135 Å². The molecule has 0 radical (unpaired) electrons. The van der Waals surface area contributed by atoms with Gasteiger partial charge in [0.05, 0.1) is 6.61 Å². The van der Waals surface area contributed by atoms with E-state index in [4.69, 9.17) is 9.47 Å². The number of ether oxygens (including phenoxy) is 2. The zero-order valence-corrected chi connectivity index (χ0v) is 59.6. The van der Waals surface area contributed by atoms with Gasteiger partial charge in [-0.1, -0.05) is 386 Å². The highest BCUT2D eigenvalue weighted by Gasteiger charge is 2.16. The van der Waals surface area contributed by atoms with E-state index in [1.165, 1.54) is 263 Å². The van der Waals surface area contributed by atoms with Crippen molar-refractivity contribution in [2.45, 2.75) is 392 Å². The first-order valence-corrected chi connectivity index (χ1v) is 39.1. The molecule has 0 spiro atoms. The molecule has 1 atom stereocenters. The lowest BCUT2D eigenvalue weighted by molar-refractivity contribution is -0.161. The quantitative estimate of drug-likeness (QED) is 0.0373. The Hall–Kier alpha value is -3.70. The number of hydrogen-bond donors (Lipinski definition) is 1. The Bertz CT molecular complexity index is 1750. The van der Waals surface area contributed by atoms with E-state index >= 15 is 0 Å². The van der Waals surface area contributed by atoms with Crippen LogP contribution in [0.4, 0.5) is 0 Å². The van der Waals surface area contributed by atoms with Crippen molar-refractivity contribution in [1.82, 2.24) is 0 Å². The largest absolute Gasteiger partial charge is 0.462 e. The van der Waals surface area contributed by atoms with E-state index in [0.717, 1.165) is 96.3 Å². The van der Waals surface area contributed by atoms with Crippen molar-refractivity contribution in [3.63, 3.8) is 0 Å². The van der Waals surface area contributed by atoms with Gasteiger partial charge < -0.3 is 14.6 Å². The average molecular weight is 1250 g/mol. The van der Waals surface area contributed by atoms with E-state index in [9.17, 15) is 14.7 Å². The van der Waals surface area contributed by atoms with Gasteiger partial charge in [0, 0.05) is 12.8 Å². The van der Waals surface area contributed by atoms with Crippen molar-refractivity contribution in [3.8, 4) is 0 Å². The van der Waals surface area contributed by atoms with Crippen molar-refractivity contribution < 1.29 is 24.2 Å². The summed E-state index contributed by atoms with van der Waals surface area (Å²) in [4.78, 5) is 24.7. The molecular formula is C85H148O5. The lowest BCUT2D eigenvalue weighted by Crippen LogP contribution is -2.28. The summed E-state index contributed by atoms with van der Waals surface area (Å²) < 4.78 is 10.8. The normalized spacial score (nSPS) is 12.9. The maximum absolute atomic E-state index is 12.4. The summed E-state index contributed by atoms with van der Waals surface area (Å²) in [5.74, 6) is -0.582. The summed E-state index contributed by atoms with van der Waals surface area (Å²) in [6.45, 7) is 4.06. The summed E-state index contributed by atoms with van der Waals surface area (Å²) in [6, 6.07) is 0. The monoisotopic (exact) mass is 1250 g/mol. The van der Waals surface area contributed by atoms with E-state index < -0.39 is 6.10 Å². The molecule has 0 aromatic heterocycles. The van der Waals surface area contributed by atoms with Gasteiger partial charge in [0.25, 0.3) is 0 Å². The standard InChI is InChI=1S/C85H148O5/c1-3-5-7-9-11-13-15-17-19-21-23-25-27-29-31-33-35-37-39-41-42-44-46-48-50-52-54-56-58-60-62-64-66-68-70-72-74-76-78-80-85(88)90-83(81-86)82-89-84(87)79-77-75-73-71-69-67-65-63-61-59-57-55-53-51-49-47-45-43-40-38-36-34-32-30-28-26-24-22-20-18-16-14-12-10-8-6-4-2/h5,7,11,13,17,19,22-25,29,31,35,37,41-42,46,48,52,54,83,86H,3-4,6,8-10,12,14-16,18,20-21,26-28,30,32-34,36,38-40,43-45,47,49-51,53,55-82H2,1-2H3/b7-5-,13-11-,19-17-,24-22-,25-23-,31-29-,37-35-,42-41-,48-46-,54-52-. The zero-order chi connectivity index (χ0) is 64.7. The smallest absolute Gasteiger partial charge is 0.306 e. The number of carbonyl (C=O) groups is 2. The zero-order valence-electron chi connectivity index (χ0n) is 59.6. The number of unbranched alkanes of at least 4 members (excludes halogenated alkanes) is 44. The molecule has 90 heavy (non-hydrogen) atoms. The Morgan fingerprint density at radius 1 is 0.267 bits per heavy atom. The van der Waals surface area contributed by atoms with Gasteiger partial charge in [-0.15, -0.1) is 0 Å². The number of hydrogen-bond acceptors (Lipinski definition) is 5. The number of rotatable bonds is 72. The van der Waals surface area contributed by atoms with Gasteiger partial charge in [-0.25, -0.2) is 0 Å². The van der Waals surface area contributed by atoms with Crippen LogP contribution in [0.3, 0.4) is 0 Å². The first-order valence-electron chi connectivity index (χ1n) is 39.1. The molecule has 1 N–H and O–H groups in total. The maximum atomic E-state index is 12.4. The number of aliphatic hydroxyl groups is 1. The number of allylic oxidation sites excluding steroid dienone is 20. The second-order valence-corrected chi connectivity index (χ2v) is 26.1. The number of carbonyl (C=O) groups excluding carboxylic acids is 2. The van der Waals surface area contributed by atoms with Crippen LogP contribution in [0.1, 0.15) is 386 Å². The Kier molecular flexibility index (Phi) is 76.3. The molecule has 0 heterocycles. The van der Waals surface area contributed by atoms with Gasteiger partial charge in [0.1, 0.15) is 6.61 Å². The van der Waals surface area contributed by atoms with E-state index in [-0.39, 0.29) is 25.2 Å². The minimum absolute atomic E-state index is 0.0680. The van der Waals surface area contributed by atoms with Gasteiger partial charge >= 0.3 is 11.9 Å². The van der Waals surface area contributed by atoms with Crippen LogP contribution in [0.25, 0.3) is 0 Å². The SMILES string of the molecule is CC/C=C\C/C=C\C/C=C\C/C=C\C/C=C\C/C=C\C/C=C\C/C=C\C/C=C\CCCCCCCCCCCCCC(=O)OC(CO)COC(=O)CCCCCCCCCCCCCCCCCCCCCCCCCCC/C=C\CCCCCCCCCC. The number of esters is 2. The van der Waals surface area contributed by atoms with Gasteiger partial charge in [-0.05, 0) is 109 Å². The topological polar surface area (TPSA) is 72.8 Å². The minimum atomic E-state index is -0.781. The first-order chi connectivity index (χ1) is 44.6. The third-order valence-corrected chi connectivity index (χ3v) is 17.2. The van der Waals surface area contributed by atoms with Crippen LogP contribution in [0.2, 0.25) is 0 Å². The molecule has 1 unspecified atom stereocenters. The van der Waals surface area contributed by atoms with E-state index in [1.807, 2.05) is 0 Å².